The van der Waals surface area contributed by atoms with Gasteiger partial charge in [-0.3, -0.25) is 4.79 Å². The van der Waals surface area contributed by atoms with E-state index in [0.717, 1.165) is 45.5 Å². The number of carbonyl (C=O) groups excluding carboxylic acids is 1. The molecule has 2 unspecified atom stereocenters. The number of nitrogens with zero attached hydrogens (tertiary/aromatic N) is 1. The molecule has 18 heavy (non-hydrogen) atoms. The van der Waals surface area contributed by atoms with Gasteiger partial charge in [0.2, 0.25) is 5.91 Å². The number of hydrogen-bond donors (Lipinski definition) is 1. The van der Waals surface area contributed by atoms with E-state index in [1.807, 2.05) is 4.90 Å². The standard InChI is InChI=1S/C13H24N2O2.ClH/c1-2-15(10-11-6-5-9-17-11)13(16)12-7-3-4-8-14-12;/h11-12,14H,2-10H2,1H3;1H. The van der Waals surface area contributed by atoms with Crippen molar-refractivity contribution in [3.05, 3.63) is 0 Å². The number of amides is 1. The molecule has 0 radical (unpaired) electrons. The Morgan fingerprint density at radius 3 is 2.72 bits per heavy atom. The summed E-state index contributed by atoms with van der Waals surface area (Å²) in [7, 11) is 0. The zero-order valence-corrected chi connectivity index (χ0v) is 12.0. The quantitative estimate of drug-likeness (QED) is 0.848. The molecule has 106 valence electrons. The molecule has 2 rings (SSSR count). The summed E-state index contributed by atoms with van der Waals surface area (Å²) in [6.45, 7) is 5.45. The lowest BCUT2D eigenvalue weighted by atomic mass is 10.0. The van der Waals surface area contributed by atoms with Crippen molar-refractivity contribution in [1.82, 2.24) is 10.2 Å². The van der Waals surface area contributed by atoms with Gasteiger partial charge in [-0.1, -0.05) is 6.42 Å². The van der Waals surface area contributed by atoms with Gasteiger partial charge in [-0.05, 0) is 39.2 Å². The number of piperidine rings is 1. The van der Waals surface area contributed by atoms with Crippen LogP contribution in [0.2, 0.25) is 0 Å². The first-order valence-electron chi connectivity index (χ1n) is 6.95. The molecular weight excluding hydrogens is 252 g/mol. The summed E-state index contributed by atoms with van der Waals surface area (Å²) in [6.07, 6.45) is 5.85. The Morgan fingerprint density at radius 1 is 1.33 bits per heavy atom. The predicted octanol–water partition coefficient (Wildman–Crippen LogP) is 1.58. The van der Waals surface area contributed by atoms with Crippen molar-refractivity contribution < 1.29 is 9.53 Å². The molecular formula is C13H25ClN2O2. The van der Waals surface area contributed by atoms with E-state index in [2.05, 4.69) is 12.2 Å². The molecule has 0 aromatic heterocycles. The van der Waals surface area contributed by atoms with Crippen LogP contribution in [0.3, 0.4) is 0 Å². The fourth-order valence-electron chi connectivity index (χ4n) is 2.69. The molecule has 0 aliphatic carbocycles. The Bertz CT molecular complexity index is 251. The molecule has 0 aromatic carbocycles. The average molecular weight is 277 g/mol. The number of likely N-dealkylation sites (N-methyl/N-ethyl adjacent to an activating group) is 1. The average Bonchev–Trinajstić information content (AvgIpc) is 2.89. The lowest BCUT2D eigenvalue weighted by Gasteiger charge is -2.30. The van der Waals surface area contributed by atoms with Gasteiger partial charge in [0.1, 0.15) is 0 Å². The van der Waals surface area contributed by atoms with Crippen LogP contribution in [0.4, 0.5) is 0 Å². The molecule has 5 heteroatoms. The van der Waals surface area contributed by atoms with Gasteiger partial charge < -0.3 is 15.0 Å². The summed E-state index contributed by atoms with van der Waals surface area (Å²) in [5.74, 6) is 0.266. The maximum Gasteiger partial charge on any atom is 0.239 e. The molecule has 0 saturated carbocycles. The maximum atomic E-state index is 12.3. The van der Waals surface area contributed by atoms with Gasteiger partial charge in [-0.15, -0.1) is 12.4 Å². The maximum absolute atomic E-state index is 12.3. The first-order valence-corrected chi connectivity index (χ1v) is 6.95. The summed E-state index contributed by atoms with van der Waals surface area (Å²) < 4.78 is 5.61. The van der Waals surface area contributed by atoms with Gasteiger partial charge in [-0.2, -0.15) is 0 Å². The fraction of sp³-hybridized carbons (Fsp3) is 0.923. The van der Waals surface area contributed by atoms with Gasteiger partial charge in [0.05, 0.1) is 12.1 Å². The lowest BCUT2D eigenvalue weighted by Crippen LogP contribution is -2.50. The van der Waals surface area contributed by atoms with Crippen LogP contribution in [0.5, 0.6) is 0 Å². The summed E-state index contributed by atoms with van der Waals surface area (Å²) in [5, 5.41) is 3.33. The van der Waals surface area contributed by atoms with Crippen LogP contribution >= 0.6 is 12.4 Å². The highest BCUT2D eigenvalue weighted by Gasteiger charge is 2.27. The summed E-state index contributed by atoms with van der Waals surface area (Å²) in [4.78, 5) is 14.3. The van der Waals surface area contributed by atoms with E-state index in [0.29, 0.717) is 0 Å². The summed E-state index contributed by atoms with van der Waals surface area (Å²) in [5.41, 5.74) is 0. The molecule has 2 aliphatic heterocycles. The van der Waals surface area contributed by atoms with Crippen LogP contribution in [0.1, 0.15) is 39.0 Å². The third-order valence-corrected chi connectivity index (χ3v) is 3.75. The van der Waals surface area contributed by atoms with E-state index in [4.69, 9.17) is 4.74 Å². The van der Waals surface area contributed by atoms with E-state index in [9.17, 15) is 4.79 Å². The van der Waals surface area contributed by atoms with Crippen molar-refractivity contribution >= 4 is 18.3 Å². The highest BCUT2D eigenvalue weighted by Crippen LogP contribution is 2.15. The minimum atomic E-state index is 0. The smallest absolute Gasteiger partial charge is 0.239 e. The van der Waals surface area contributed by atoms with Gasteiger partial charge in [0.15, 0.2) is 0 Å². The van der Waals surface area contributed by atoms with E-state index in [1.54, 1.807) is 0 Å². The van der Waals surface area contributed by atoms with Crippen molar-refractivity contribution in [2.24, 2.45) is 0 Å². The van der Waals surface area contributed by atoms with Gasteiger partial charge in [0, 0.05) is 19.7 Å². The van der Waals surface area contributed by atoms with E-state index < -0.39 is 0 Å². The van der Waals surface area contributed by atoms with Crippen molar-refractivity contribution in [2.75, 3.05) is 26.2 Å². The van der Waals surface area contributed by atoms with Crippen molar-refractivity contribution in [1.29, 1.82) is 0 Å². The Balaban J connectivity index is 0.00000162. The summed E-state index contributed by atoms with van der Waals surface area (Å²) >= 11 is 0. The molecule has 2 atom stereocenters. The highest BCUT2D eigenvalue weighted by atomic mass is 35.5. The first kappa shape index (κ1) is 15.7. The van der Waals surface area contributed by atoms with E-state index >= 15 is 0 Å². The minimum Gasteiger partial charge on any atom is -0.376 e. The fourth-order valence-corrected chi connectivity index (χ4v) is 2.69. The van der Waals surface area contributed by atoms with Gasteiger partial charge in [-0.25, -0.2) is 0 Å². The van der Waals surface area contributed by atoms with Crippen LogP contribution in [0.15, 0.2) is 0 Å². The summed E-state index contributed by atoms with van der Waals surface area (Å²) in [6, 6.07) is 0.0464. The number of ether oxygens (including phenoxy) is 1. The van der Waals surface area contributed by atoms with Crippen LogP contribution in [0.25, 0.3) is 0 Å². The third kappa shape index (κ3) is 4.11. The normalized spacial score (nSPS) is 27.6. The van der Waals surface area contributed by atoms with Crippen molar-refractivity contribution in [3.63, 3.8) is 0 Å². The number of carbonyl (C=O) groups is 1. The largest absolute Gasteiger partial charge is 0.376 e. The third-order valence-electron chi connectivity index (χ3n) is 3.75. The molecule has 0 spiro atoms. The molecule has 2 fully saturated rings. The molecule has 2 heterocycles. The Morgan fingerprint density at radius 2 is 2.17 bits per heavy atom. The van der Waals surface area contributed by atoms with Crippen molar-refractivity contribution in [2.45, 2.75) is 51.2 Å². The Hall–Kier alpha value is -0.320. The van der Waals surface area contributed by atoms with E-state index in [1.165, 1.54) is 12.8 Å². The van der Waals surface area contributed by atoms with Gasteiger partial charge in [0.25, 0.3) is 0 Å². The molecule has 1 amide bonds. The zero-order valence-electron chi connectivity index (χ0n) is 11.2. The molecule has 4 nitrogen and oxygen atoms in total. The molecule has 0 bridgehead atoms. The highest BCUT2D eigenvalue weighted by molar-refractivity contribution is 5.85. The zero-order chi connectivity index (χ0) is 12.1. The number of hydrogen-bond acceptors (Lipinski definition) is 3. The van der Waals surface area contributed by atoms with Gasteiger partial charge >= 0.3 is 0 Å². The first-order chi connectivity index (χ1) is 8.31. The van der Waals surface area contributed by atoms with Crippen LogP contribution < -0.4 is 5.32 Å². The number of nitrogens with one attached hydrogen (secondary N) is 1. The molecule has 1 N–H and O–H groups in total. The van der Waals surface area contributed by atoms with Crippen LogP contribution in [-0.4, -0.2) is 49.2 Å². The lowest BCUT2D eigenvalue weighted by molar-refractivity contribution is -0.135. The monoisotopic (exact) mass is 276 g/mol. The topological polar surface area (TPSA) is 41.6 Å². The number of rotatable bonds is 4. The number of halogens is 1. The second-order valence-electron chi connectivity index (χ2n) is 5.01. The van der Waals surface area contributed by atoms with E-state index in [-0.39, 0.29) is 30.5 Å². The van der Waals surface area contributed by atoms with Crippen LogP contribution in [-0.2, 0) is 9.53 Å². The second kappa shape index (κ2) is 7.97. The molecule has 0 aromatic rings. The van der Waals surface area contributed by atoms with Crippen LogP contribution in [0, 0.1) is 0 Å². The Kier molecular flexibility index (Phi) is 6.97. The molecule has 2 saturated heterocycles. The Labute approximate surface area is 116 Å². The predicted molar refractivity (Wildman–Crippen MR) is 74.1 cm³/mol. The SMILES string of the molecule is CCN(CC1CCCO1)C(=O)C1CCCCN1.Cl. The molecule has 2 aliphatic rings. The second-order valence-corrected chi connectivity index (χ2v) is 5.01. The van der Waals surface area contributed by atoms with Crippen molar-refractivity contribution in [3.8, 4) is 0 Å². The minimum absolute atomic E-state index is 0.